The van der Waals surface area contributed by atoms with Gasteiger partial charge in [0.05, 0.1) is 12.7 Å². The van der Waals surface area contributed by atoms with E-state index in [0.29, 0.717) is 11.6 Å². The Morgan fingerprint density at radius 3 is 2.67 bits per heavy atom. The van der Waals surface area contributed by atoms with Gasteiger partial charge < -0.3 is 14.2 Å². The van der Waals surface area contributed by atoms with Crippen molar-refractivity contribution in [2.75, 3.05) is 20.8 Å². The van der Waals surface area contributed by atoms with Gasteiger partial charge in [0.15, 0.2) is 0 Å². The normalized spacial score (nSPS) is 29.1. The molecule has 0 spiro atoms. The maximum atomic E-state index is 12.4. The molecule has 2 bridgehead atoms. The Labute approximate surface area is 141 Å². The summed E-state index contributed by atoms with van der Waals surface area (Å²) in [6.45, 7) is 0.196. The van der Waals surface area contributed by atoms with E-state index in [4.69, 9.17) is 9.47 Å². The lowest BCUT2D eigenvalue weighted by Gasteiger charge is -2.41. The van der Waals surface area contributed by atoms with Crippen LogP contribution in [-0.2, 0) is 14.2 Å². The smallest absolute Gasteiger partial charge is 0.458 e. The highest BCUT2D eigenvalue weighted by Gasteiger charge is 2.47. The van der Waals surface area contributed by atoms with Gasteiger partial charge >= 0.3 is 12.1 Å². The van der Waals surface area contributed by atoms with E-state index in [2.05, 4.69) is 16.7 Å². The fraction of sp³-hybridized carbons (Fsp3) is 0.556. The third-order valence-electron chi connectivity index (χ3n) is 5.20. The lowest BCUT2D eigenvalue weighted by atomic mass is 9.88. The summed E-state index contributed by atoms with van der Waals surface area (Å²) in [6.07, 6.45) is 1.91. The predicted octanol–water partition coefficient (Wildman–Crippen LogP) is 2.48. The topological polar surface area (TPSA) is 65.1 Å². The van der Waals surface area contributed by atoms with Gasteiger partial charge in [0.1, 0.15) is 12.7 Å². The number of carbonyl (C=O) groups excluding carboxylic acids is 2. The Balaban J connectivity index is 1.71. The summed E-state index contributed by atoms with van der Waals surface area (Å²) < 4.78 is 15.5. The van der Waals surface area contributed by atoms with Crippen LogP contribution in [0.15, 0.2) is 30.3 Å². The van der Waals surface area contributed by atoms with E-state index in [0.717, 1.165) is 19.3 Å². The van der Waals surface area contributed by atoms with E-state index >= 15 is 0 Å². The average Bonchev–Trinajstić information content (AvgIpc) is 2.85. The van der Waals surface area contributed by atoms with Crippen molar-refractivity contribution in [3.8, 4) is 0 Å². The number of fused-ring (bicyclic) bond motifs is 2. The van der Waals surface area contributed by atoms with Crippen LogP contribution in [0.1, 0.15) is 29.6 Å². The van der Waals surface area contributed by atoms with Crippen LogP contribution < -0.4 is 0 Å². The average molecular weight is 333 g/mol. The zero-order chi connectivity index (χ0) is 17.1. The third-order valence-corrected chi connectivity index (χ3v) is 5.20. The fourth-order valence-corrected chi connectivity index (χ4v) is 3.89. The van der Waals surface area contributed by atoms with Crippen LogP contribution in [0.25, 0.3) is 0 Å². The first-order valence-electron chi connectivity index (χ1n) is 8.29. The minimum absolute atomic E-state index is 0.0412. The summed E-state index contributed by atoms with van der Waals surface area (Å²) in [5.41, 5.74) is 0.538. The first-order chi connectivity index (χ1) is 11.6. The van der Waals surface area contributed by atoms with E-state index in [-0.39, 0.29) is 30.6 Å². The van der Waals surface area contributed by atoms with Crippen LogP contribution in [0, 0.1) is 5.92 Å². The summed E-state index contributed by atoms with van der Waals surface area (Å²) in [5, 5.41) is 0. The highest BCUT2D eigenvalue weighted by atomic mass is 16.7. The van der Waals surface area contributed by atoms with Crippen molar-refractivity contribution in [3.63, 3.8) is 0 Å². The van der Waals surface area contributed by atoms with Gasteiger partial charge in [-0.05, 0) is 32.0 Å². The van der Waals surface area contributed by atoms with E-state index in [1.165, 1.54) is 7.11 Å². The zero-order valence-corrected chi connectivity index (χ0v) is 14.0. The van der Waals surface area contributed by atoms with Crippen molar-refractivity contribution in [1.29, 1.82) is 0 Å². The van der Waals surface area contributed by atoms with Crippen LogP contribution in [0.5, 0.6) is 0 Å². The number of piperidine rings is 1. The molecule has 0 radical (unpaired) electrons. The summed E-state index contributed by atoms with van der Waals surface area (Å²) in [7, 11) is 3.37. The number of carbonyl (C=O) groups is 2. The van der Waals surface area contributed by atoms with Gasteiger partial charge in [0, 0.05) is 24.4 Å². The number of ether oxygens (including phenoxy) is 3. The van der Waals surface area contributed by atoms with Gasteiger partial charge in [-0.1, -0.05) is 18.2 Å². The highest BCUT2D eigenvalue weighted by molar-refractivity contribution is 5.89. The molecule has 0 aliphatic carbocycles. The Morgan fingerprint density at radius 2 is 1.96 bits per heavy atom. The third kappa shape index (κ3) is 3.38. The summed E-state index contributed by atoms with van der Waals surface area (Å²) in [5.74, 6) is -0.367. The number of benzene rings is 1. The molecule has 130 valence electrons. The second-order valence-electron chi connectivity index (χ2n) is 6.44. The van der Waals surface area contributed by atoms with E-state index in [1.54, 1.807) is 12.1 Å². The molecule has 2 saturated heterocycles. The van der Waals surface area contributed by atoms with Gasteiger partial charge in [-0.2, -0.15) is 0 Å². The number of methoxy groups -OCH3 is 1. The van der Waals surface area contributed by atoms with E-state index < -0.39 is 6.16 Å². The number of hydrogen-bond donors (Lipinski definition) is 0. The fourth-order valence-electron chi connectivity index (χ4n) is 3.89. The molecule has 6 nitrogen and oxygen atoms in total. The second kappa shape index (κ2) is 7.21. The molecule has 0 N–H and O–H groups in total. The van der Waals surface area contributed by atoms with Gasteiger partial charge in [-0.15, -0.1) is 0 Å². The summed E-state index contributed by atoms with van der Waals surface area (Å²) >= 11 is 0. The molecule has 2 heterocycles. The molecule has 2 fully saturated rings. The predicted molar refractivity (Wildman–Crippen MR) is 86.7 cm³/mol. The van der Waals surface area contributed by atoms with Crippen LogP contribution in [0.4, 0.5) is 4.79 Å². The van der Waals surface area contributed by atoms with E-state index in [9.17, 15) is 9.59 Å². The molecule has 24 heavy (non-hydrogen) atoms. The van der Waals surface area contributed by atoms with Gasteiger partial charge in [0.25, 0.3) is 0 Å². The monoisotopic (exact) mass is 333 g/mol. The zero-order valence-electron chi connectivity index (χ0n) is 14.0. The quantitative estimate of drug-likeness (QED) is 0.789. The standard InChI is InChI=1S/C18H23NO5/c1-19-13-8-9-15(19)14(11-23-18(21)22-2)16(10-13)24-17(20)12-6-4-3-5-7-12/h3-7,13-16H,8-11H2,1-2H3/t13-,14?,15?,16+/m1/s1. The first-order valence-corrected chi connectivity index (χ1v) is 8.29. The molecular formula is C18H23NO5. The van der Waals surface area contributed by atoms with Gasteiger partial charge in [-0.3, -0.25) is 4.90 Å². The molecule has 0 saturated carbocycles. The molecule has 2 aliphatic rings. The number of hydrogen-bond acceptors (Lipinski definition) is 6. The maximum absolute atomic E-state index is 12.4. The molecule has 1 aromatic carbocycles. The van der Waals surface area contributed by atoms with Gasteiger partial charge in [-0.25, -0.2) is 9.59 Å². The van der Waals surface area contributed by atoms with Gasteiger partial charge in [0.2, 0.25) is 0 Å². The summed E-state index contributed by atoms with van der Waals surface area (Å²) in [4.78, 5) is 26.0. The number of nitrogens with zero attached hydrogens (tertiary/aromatic N) is 1. The van der Waals surface area contributed by atoms with Crippen molar-refractivity contribution in [3.05, 3.63) is 35.9 Å². The lowest BCUT2D eigenvalue weighted by molar-refractivity contribution is -0.0564. The van der Waals surface area contributed by atoms with Crippen LogP contribution in [0.3, 0.4) is 0 Å². The molecule has 2 unspecified atom stereocenters. The maximum Gasteiger partial charge on any atom is 0.507 e. The van der Waals surface area contributed by atoms with Crippen molar-refractivity contribution in [2.45, 2.75) is 37.5 Å². The Morgan fingerprint density at radius 1 is 1.21 bits per heavy atom. The summed E-state index contributed by atoms with van der Waals surface area (Å²) in [6, 6.07) is 9.64. The number of esters is 1. The Kier molecular flexibility index (Phi) is 5.04. The van der Waals surface area contributed by atoms with Crippen LogP contribution in [-0.4, -0.2) is 56.0 Å². The first kappa shape index (κ1) is 16.8. The minimum atomic E-state index is -0.703. The molecular weight excluding hydrogens is 310 g/mol. The SMILES string of the molecule is COC(=O)OCC1C2CC[C@H](C[C@@H]1OC(=O)c1ccccc1)N2C. The van der Waals surface area contributed by atoms with E-state index in [1.807, 2.05) is 18.2 Å². The van der Waals surface area contributed by atoms with Crippen LogP contribution >= 0.6 is 0 Å². The Bertz CT molecular complexity index is 590. The molecule has 6 heteroatoms. The van der Waals surface area contributed by atoms with Crippen molar-refractivity contribution < 1.29 is 23.8 Å². The largest absolute Gasteiger partial charge is 0.507 e. The second-order valence-corrected chi connectivity index (χ2v) is 6.44. The van der Waals surface area contributed by atoms with Crippen molar-refractivity contribution in [2.24, 2.45) is 5.92 Å². The molecule has 4 atom stereocenters. The van der Waals surface area contributed by atoms with Crippen molar-refractivity contribution >= 4 is 12.1 Å². The highest BCUT2D eigenvalue weighted by Crippen LogP contribution is 2.40. The molecule has 1 aromatic rings. The van der Waals surface area contributed by atoms with Crippen LogP contribution in [0.2, 0.25) is 0 Å². The van der Waals surface area contributed by atoms with Crippen molar-refractivity contribution in [1.82, 2.24) is 4.90 Å². The molecule has 3 rings (SSSR count). The molecule has 0 amide bonds. The Hall–Kier alpha value is -2.08. The molecule has 2 aliphatic heterocycles. The number of rotatable bonds is 4. The lowest BCUT2D eigenvalue weighted by Crippen LogP contribution is -2.52. The molecule has 0 aromatic heterocycles. The minimum Gasteiger partial charge on any atom is -0.458 e.